The molecule has 2 aromatic heterocycles. The van der Waals surface area contributed by atoms with Gasteiger partial charge in [-0.05, 0) is 36.4 Å². The number of pyridine rings is 1. The van der Waals surface area contributed by atoms with Crippen LogP contribution in [0.4, 0.5) is 5.82 Å². The molecular formula is C16H19N3O2S. The van der Waals surface area contributed by atoms with Crippen molar-refractivity contribution in [2.24, 2.45) is 5.92 Å². The van der Waals surface area contributed by atoms with E-state index < -0.39 is 6.04 Å². The Bertz CT molecular complexity index is 653. The van der Waals surface area contributed by atoms with Crippen LogP contribution in [-0.4, -0.2) is 22.8 Å². The van der Waals surface area contributed by atoms with E-state index in [1.165, 1.54) is 11.3 Å². The van der Waals surface area contributed by atoms with Crippen LogP contribution in [0.15, 0.2) is 35.7 Å². The number of rotatable bonds is 5. The summed E-state index contributed by atoms with van der Waals surface area (Å²) in [7, 11) is 0. The topological polar surface area (TPSA) is 71.1 Å². The van der Waals surface area contributed by atoms with Gasteiger partial charge in [-0.1, -0.05) is 26.0 Å². The molecule has 0 aliphatic carbocycles. The summed E-state index contributed by atoms with van der Waals surface area (Å²) in [5.41, 5.74) is 0.821. The lowest BCUT2D eigenvalue weighted by Crippen LogP contribution is -2.47. The molecule has 0 saturated carbocycles. The molecule has 0 aliphatic rings. The van der Waals surface area contributed by atoms with Crippen molar-refractivity contribution in [2.75, 3.05) is 5.32 Å². The molecular weight excluding hydrogens is 298 g/mol. The van der Waals surface area contributed by atoms with Crippen LogP contribution in [0.25, 0.3) is 0 Å². The lowest BCUT2D eigenvalue weighted by atomic mass is 10.0. The molecule has 6 heteroatoms. The molecule has 0 aliphatic heterocycles. The van der Waals surface area contributed by atoms with Gasteiger partial charge in [-0.15, -0.1) is 11.3 Å². The van der Waals surface area contributed by atoms with E-state index in [2.05, 4.69) is 15.6 Å². The zero-order chi connectivity index (χ0) is 16.1. The normalized spacial score (nSPS) is 12.0. The summed E-state index contributed by atoms with van der Waals surface area (Å²) in [5.74, 6) is -0.0474. The summed E-state index contributed by atoms with van der Waals surface area (Å²) in [6.45, 7) is 5.64. The molecule has 2 rings (SSSR count). The van der Waals surface area contributed by atoms with Crippen molar-refractivity contribution in [3.05, 3.63) is 46.3 Å². The Hall–Kier alpha value is -2.21. The first-order valence-corrected chi connectivity index (χ1v) is 7.94. The summed E-state index contributed by atoms with van der Waals surface area (Å²) in [5, 5.41) is 7.37. The summed E-state index contributed by atoms with van der Waals surface area (Å²) in [6.07, 6.45) is 0. The van der Waals surface area contributed by atoms with Crippen LogP contribution in [0.5, 0.6) is 0 Å². The Kier molecular flexibility index (Phi) is 5.27. The van der Waals surface area contributed by atoms with Gasteiger partial charge < -0.3 is 10.6 Å². The van der Waals surface area contributed by atoms with Gasteiger partial charge in [-0.3, -0.25) is 9.59 Å². The van der Waals surface area contributed by atoms with E-state index in [1.807, 2.05) is 38.3 Å². The zero-order valence-corrected chi connectivity index (χ0v) is 13.6. The Morgan fingerprint density at radius 2 is 1.95 bits per heavy atom. The lowest BCUT2D eigenvalue weighted by molar-refractivity contribution is -0.118. The van der Waals surface area contributed by atoms with Gasteiger partial charge in [0.2, 0.25) is 5.91 Å². The smallest absolute Gasteiger partial charge is 0.262 e. The molecule has 2 heterocycles. The Morgan fingerprint density at radius 1 is 1.18 bits per heavy atom. The van der Waals surface area contributed by atoms with E-state index in [-0.39, 0.29) is 17.7 Å². The average Bonchev–Trinajstić information content (AvgIpc) is 2.98. The fourth-order valence-corrected chi connectivity index (χ4v) is 2.60. The predicted molar refractivity (Wildman–Crippen MR) is 88.0 cm³/mol. The second-order valence-electron chi connectivity index (χ2n) is 5.33. The molecule has 22 heavy (non-hydrogen) atoms. The minimum absolute atomic E-state index is 0.0336. The van der Waals surface area contributed by atoms with Crippen molar-refractivity contribution in [3.8, 4) is 0 Å². The van der Waals surface area contributed by atoms with Gasteiger partial charge in [0, 0.05) is 5.69 Å². The van der Waals surface area contributed by atoms with Crippen LogP contribution in [0.2, 0.25) is 0 Å². The van der Waals surface area contributed by atoms with Gasteiger partial charge >= 0.3 is 0 Å². The van der Waals surface area contributed by atoms with Gasteiger partial charge in [0.1, 0.15) is 11.9 Å². The van der Waals surface area contributed by atoms with E-state index in [9.17, 15) is 9.59 Å². The minimum atomic E-state index is -0.614. The molecule has 0 saturated heterocycles. The highest BCUT2D eigenvalue weighted by atomic mass is 32.1. The van der Waals surface area contributed by atoms with Crippen molar-refractivity contribution in [3.63, 3.8) is 0 Å². The summed E-state index contributed by atoms with van der Waals surface area (Å²) >= 11 is 1.35. The third-order valence-electron chi connectivity index (χ3n) is 3.12. The van der Waals surface area contributed by atoms with E-state index in [1.54, 1.807) is 18.2 Å². The van der Waals surface area contributed by atoms with Gasteiger partial charge in [0.05, 0.1) is 4.88 Å². The van der Waals surface area contributed by atoms with Crippen molar-refractivity contribution in [1.29, 1.82) is 0 Å². The van der Waals surface area contributed by atoms with E-state index >= 15 is 0 Å². The first-order valence-electron chi connectivity index (χ1n) is 7.06. The Morgan fingerprint density at radius 3 is 2.55 bits per heavy atom. The second kappa shape index (κ2) is 7.17. The van der Waals surface area contributed by atoms with Gasteiger partial charge in [-0.25, -0.2) is 4.98 Å². The van der Waals surface area contributed by atoms with Crippen molar-refractivity contribution >= 4 is 29.0 Å². The van der Waals surface area contributed by atoms with Gasteiger partial charge in [0.15, 0.2) is 0 Å². The Balaban J connectivity index is 2.07. The van der Waals surface area contributed by atoms with Crippen LogP contribution in [0, 0.1) is 12.8 Å². The third-order valence-corrected chi connectivity index (χ3v) is 3.99. The maximum atomic E-state index is 12.4. The number of anilines is 1. The zero-order valence-electron chi connectivity index (χ0n) is 12.8. The maximum absolute atomic E-state index is 12.4. The molecule has 116 valence electrons. The predicted octanol–water partition coefficient (Wildman–Crippen LogP) is 2.84. The molecule has 2 amide bonds. The fraction of sp³-hybridized carbons (Fsp3) is 0.312. The standard InChI is InChI=1S/C16H19N3O2S/c1-10(2)14(19-15(20)12-7-5-9-22-12)16(21)18-13-8-4-6-11(3)17-13/h4-10,14H,1-3H3,(H,19,20)(H,17,18,21)/t14-/m0/s1. The SMILES string of the molecule is Cc1cccc(NC(=O)[C@@H](NC(=O)c2cccs2)C(C)C)n1. The molecule has 2 N–H and O–H groups in total. The van der Waals surface area contributed by atoms with Crippen molar-refractivity contribution < 1.29 is 9.59 Å². The highest BCUT2D eigenvalue weighted by Gasteiger charge is 2.25. The first kappa shape index (κ1) is 16.2. The maximum Gasteiger partial charge on any atom is 0.262 e. The fourth-order valence-electron chi connectivity index (χ4n) is 1.97. The molecule has 0 radical (unpaired) electrons. The number of hydrogen-bond donors (Lipinski definition) is 2. The van der Waals surface area contributed by atoms with E-state index in [0.29, 0.717) is 10.7 Å². The Labute approximate surface area is 133 Å². The minimum Gasteiger partial charge on any atom is -0.339 e. The van der Waals surface area contributed by atoms with E-state index in [0.717, 1.165) is 5.69 Å². The molecule has 0 spiro atoms. The number of aromatic nitrogens is 1. The quantitative estimate of drug-likeness (QED) is 0.891. The number of nitrogens with zero attached hydrogens (tertiary/aromatic N) is 1. The monoisotopic (exact) mass is 317 g/mol. The number of carbonyl (C=O) groups excluding carboxylic acids is 2. The van der Waals surface area contributed by atoms with Crippen LogP contribution in [0.3, 0.4) is 0 Å². The van der Waals surface area contributed by atoms with Crippen LogP contribution < -0.4 is 10.6 Å². The third kappa shape index (κ3) is 4.14. The number of hydrogen-bond acceptors (Lipinski definition) is 4. The summed E-state index contributed by atoms with van der Waals surface area (Å²) < 4.78 is 0. The highest BCUT2D eigenvalue weighted by molar-refractivity contribution is 7.12. The lowest BCUT2D eigenvalue weighted by Gasteiger charge is -2.21. The number of carbonyl (C=O) groups is 2. The van der Waals surface area contributed by atoms with Crippen LogP contribution in [-0.2, 0) is 4.79 Å². The van der Waals surface area contributed by atoms with Gasteiger partial charge in [-0.2, -0.15) is 0 Å². The summed E-state index contributed by atoms with van der Waals surface area (Å²) in [4.78, 5) is 29.4. The van der Waals surface area contributed by atoms with Crippen molar-refractivity contribution in [2.45, 2.75) is 26.8 Å². The highest BCUT2D eigenvalue weighted by Crippen LogP contribution is 2.12. The van der Waals surface area contributed by atoms with Crippen LogP contribution >= 0.6 is 11.3 Å². The molecule has 0 aromatic carbocycles. The largest absolute Gasteiger partial charge is 0.339 e. The number of nitrogens with one attached hydrogen (secondary N) is 2. The number of thiophene rings is 1. The van der Waals surface area contributed by atoms with Crippen LogP contribution in [0.1, 0.15) is 29.2 Å². The van der Waals surface area contributed by atoms with Crippen molar-refractivity contribution in [1.82, 2.24) is 10.3 Å². The number of amides is 2. The molecule has 0 unspecified atom stereocenters. The van der Waals surface area contributed by atoms with E-state index in [4.69, 9.17) is 0 Å². The molecule has 2 aromatic rings. The average molecular weight is 317 g/mol. The molecule has 1 atom stereocenters. The summed E-state index contributed by atoms with van der Waals surface area (Å²) in [6, 6.07) is 8.33. The molecule has 5 nitrogen and oxygen atoms in total. The first-order chi connectivity index (χ1) is 10.5. The number of aryl methyl sites for hydroxylation is 1. The molecule has 0 bridgehead atoms. The molecule has 0 fully saturated rings. The second-order valence-corrected chi connectivity index (χ2v) is 6.27. The van der Waals surface area contributed by atoms with Gasteiger partial charge in [0.25, 0.3) is 5.91 Å².